The minimum Gasteiger partial charge on any atom is -0.494 e. The van der Waals surface area contributed by atoms with Crippen molar-refractivity contribution in [1.82, 2.24) is 5.43 Å². The maximum Gasteiger partial charge on any atom is 0.264 e. The molecule has 0 saturated heterocycles. The number of benzene rings is 4. The number of hydrazone groups is 1. The van der Waals surface area contributed by atoms with Crippen LogP contribution >= 0.6 is 15.9 Å². The molecule has 0 aliphatic rings. The quantitative estimate of drug-likeness (QED) is 0.160. The number of carbonyl (C=O) groups is 1. The second kappa shape index (κ2) is 13.8. The molecule has 0 aromatic heterocycles. The molecule has 0 aliphatic heterocycles. The Hall–Kier alpha value is -4.15. The van der Waals surface area contributed by atoms with Crippen LogP contribution in [0.4, 0.5) is 5.69 Å². The van der Waals surface area contributed by atoms with Crippen LogP contribution in [0.3, 0.4) is 0 Å². The van der Waals surface area contributed by atoms with Gasteiger partial charge in [0.2, 0.25) is 0 Å². The summed E-state index contributed by atoms with van der Waals surface area (Å²) >= 11 is 3.32. The Morgan fingerprint density at radius 2 is 1.50 bits per heavy atom. The van der Waals surface area contributed by atoms with Gasteiger partial charge in [0.05, 0.1) is 23.4 Å². The number of nitrogens with zero attached hydrogens (tertiary/aromatic N) is 2. The largest absolute Gasteiger partial charge is 0.494 e. The van der Waals surface area contributed by atoms with Crippen molar-refractivity contribution in [3.05, 3.63) is 119 Å². The second-order valence-corrected chi connectivity index (χ2v) is 11.3. The van der Waals surface area contributed by atoms with Crippen molar-refractivity contribution in [2.75, 3.05) is 17.5 Å². The number of hydrogen-bond donors (Lipinski definition) is 1. The number of rotatable bonds is 12. The van der Waals surface area contributed by atoms with Crippen molar-refractivity contribution < 1.29 is 22.7 Å². The fourth-order valence-corrected chi connectivity index (χ4v) is 5.35. The van der Waals surface area contributed by atoms with Gasteiger partial charge in [0.1, 0.15) is 24.7 Å². The number of halogens is 1. The zero-order valence-corrected chi connectivity index (χ0v) is 24.1. The van der Waals surface area contributed by atoms with Crippen LogP contribution in [0.15, 0.2) is 118 Å². The Kier molecular flexibility index (Phi) is 9.93. The molecule has 4 aromatic carbocycles. The average molecular weight is 623 g/mol. The highest BCUT2D eigenvalue weighted by Gasteiger charge is 2.27. The topological polar surface area (TPSA) is 97.3 Å². The van der Waals surface area contributed by atoms with Crippen LogP contribution in [0, 0.1) is 0 Å². The smallest absolute Gasteiger partial charge is 0.264 e. The molecule has 4 aromatic rings. The van der Waals surface area contributed by atoms with E-state index in [1.54, 1.807) is 48.5 Å². The fraction of sp³-hybridized carbons (Fsp3) is 0.133. The highest BCUT2D eigenvalue weighted by atomic mass is 79.9. The van der Waals surface area contributed by atoms with Gasteiger partial charge < -0.3 is 9.47 Å². The molecule has 0 saturated carbocycles. The second-order valence-electron chi connectivity index (χ2n) is 8.53. The van der Waals surface area contributed by atoms with Crippen molar-refractivity contribution in [2.45, 2.75) is 18.4 Å². The lowest BCUT2D eigenvalue weighted by Gasteiger charge is -2.24. The summed E-state index contributed by atoms with van der Waals surface area (Å²) in [4.78, 5) is 12.9. The van der Waals surface area contributed by atoms with Gasteiger partial charge in [-0.25, -0.2) is 13.8 Å². The van der Waals surface area contributed by atoms with Crippen molar-refractivity contribution in [1.29, 1.82) is 0 Å². The van der Waals surface area contributed by atoms with Crippen molar-refractivity contribution in [3.8, 4) is 11.5 Å². The van der Waals surface area contributed by atoms with Gasteiger partial charge >= 0.3 is 0 Å². The van der Waals surface area contributed by atoms with E-state index in [2.05, 4.69) is 26.5 Å². The molecule has 206 valence electrons. The lowest BCUT2D eigenvalue weighted by molar-refractivity contribution is -0.119. The summed E-state index contributed by atoms with van der Waals surface area (Å²) in [5.74, 6) is 0.695. The summed E-state index contributed by atoms with van der Waals surface area (Å²) < 4.78 is 40.0. The molecular formula is C30H28BrN3O5S. The van der Waals surface area contributed by atoms with Gasteiger partial charge in [-0.05, 0) is 90.8 Å². The van der Waals surface area contributed by atoms with Crippen molar-refractivity contribution in [2.24, 2.45) is 5.10 Å². The van der Waals surface area contributed by atoms with Gasteiger partial charge in [-0.15, -0.1) is 0 Å². The van der Waals surface area contributed by atoms with Crippen LogP contribution in [0.1, 0.15) is 18.1 Å². The summed E-state index contributed by atoms with van der Waals surface area (Å²) in [6, 6.07) is 29.8. The number of carbonyl (C=O) groups excluding carboxylic acids is 1. The van der Waals surface area contributed by atoms with Gasteiger partial charge in [-0.3, -0.25) is 9.10 Å². The first-order valence-corrected chi connectivity index (χ1v) is 14.7. The SMILES string of the molecule is CCOc1ccc(N(CC(=O)N/N=C\c2ccc(OCc3ccccc3)cc2)S(=O)(=O)c2ccc(Br)cc2)cc1. The molecule has 0 atom stereocenters. The molecule has 0 heterocycles. The number of amides is 1. The van der Waals surface area contributed by atoms with Crippen molar-refractivity contribution in [3.63, 3.8) is 0 Å². The molecule has 1 N–H and O–H groups in total. The van der Waals surface area contributed by atoms with Crippen LogP contribution in [0.5, 0.6) is 11.5 Å². The van der Waals surface area contributed by atoms with E-state index < -0.39 is 22.5 Å². The van der Waals surface area contributed by atoms with E-state index in [0.717, 1.165) is 19.9 Å². The lowest BCUT2D eigenvalue weighted by atomic mass is 10.2. The van der Waals surface area contributed by atoms with E-state index >= 15 is 0 Å². The average Bonchev–Trinajstić information content (AvgIpc) is 2.97. The minimum atomic E-state index is -4.05. The number of ether oxygens (including phenoxy) is 2. The zero-order valence-electron chi connectivity index (χ0n) is 21.7. The minimum absolute atomic E-state index is 0.0514. The Bertz CT molecular complexity index is 1530. The third-order valence-electron chi connectivity index (χ3n) is 5.66. The summed E-state index contributed by atoms with van der Waals surface area (Å²) in [7, 11) is -4.05. The molecule has 8 nitrogen and oxygen atoms in total. The predicted molar refractivity (Wildman–Crippen MR) is 159 cm³/mol. The maximum atomic E-state index is 13.5. The lowest BCUT2D eigenvalue weighted by Crippen LogP contribution is -2.39. The molecule has 0 spiro atoms. The highest BCUT2D eigenvalue weighted by molar-refractivity contribution is 9.10. The monoisotopic (exact) mass is 621 g/mol. The first kappa shape index (κ1) is 28.8. The number of hydrogen-bond acceptors (Lipinski definition) is 6. The molecule has 1 amide bonds. The van der Waals surface area contributed by atoms with Gasteiger partial charge in [-0.2, -0.15) is 5.10 Å². The van der Waals surface area contributed by atoms with Crippen LogP contribution in [0.2, 0.25) is 0 Å². The molecule has 40 heavy (non-hydrogen) atoms. The van der Waals surface area contributed by atoms with E-state index in [-0.39, 0.29) is 4.90 Å². The Morgan fingerprint density at radius 1 is 0.875 bits per heavy atom. The zero-order chi connectivity index (χ0) is 28.4. The van der Waals surface area contributed by atoms with Crippen LogP contribution in [-0.2, 0) is 21.4 Å². The fourth-order valence-electron chi connectivity index (χ4n) is 3.66. The summed E-state index contributed by atoms with van der Waals surface area (Å²) in [5, 5.41) is 4.00. The van der Waals surface area contributed by atoms with Gasteiger partial charge in [0, 0.05) is 4.47 Å². The predicted octanol–water partition coefficient (Wildman–Crippen LogP) is 5.77. The Balaban J connectivity index is 1.42. The van der Waals surface area contributed by atoms with E-state index in [4.69, 9.17) is 9.47 Å². The highest BCUT2D eigenvalue weighted by Crippen LogP contribution is 2.26. The van der Waals surface area contributed by atoms with E-state index in [1.165, 1.54) is 18.3 Å². The Morgan fingerprint density at radius 3 is 2.15 bits per heavy atom. The third-order valence-corrected chi connectivity index (χ3v) is 7.97. The van der Waals surface area contributed by atoms with Crippen molar-refractivity contribution >= 4 is 43.8 Å². The van der Waals surface area contributed by atoms with Crippen LogP contribution < -0.4 is 19.2 Å². The van der Waals surface area contributed by atoms with Crippen LogP contribution in [-0.4, -0.2) is 33.7 Å². The van der Waals surface area contributed by atoms with Gasteiger partial charge in [0.25, 0.3) is 15.9 Å². The molecule has 10 heteroatoms. The first-order chi connectivity index (χ1) is 19.3. The normalized spacial score (nSPS) is 11.2. The summed E-state index contributed by atoms with van der Waals surface area (Å²) in [6.45, 7) is 2.32. The first-order valence-electron chi connectivity index (χ1n) is 12.4. The van der Waals surface area contributed by atoms with Gasteiger partial charge in [-0.1, -0.05) is 46.3 Å². The van der Waals surface area contributed by atoms with E-state index in [1.807, 2.05) is 49.4 Å². The van der Waals surface area contributed by atoms with Crippen LogP contribution in [0.25, 0.3) is 0 Å². The summed E-state index contributed by atoms with van der Waals surface area (Å²) in [6.07, 6.45) is 1.48. The molecular weight excluding hydrogens is 594 g/mol. The molecule has 0 bridgehead atoms. The van der Waals surface area contributed by atoms with Gasteiger partial charge in [0.15, 0.2) is 0 Å². The third kappa shape index (κ3) is 7.93. The van der Waals surface area contributed by atoms with E-state index in [0.29, 0.717) is 30.4 Å². The standard InChI is InChI=1S/C30H28BrN3O5S/c1-2-38-27-16-12-26(13-17-27)34(40(36,37)29-18-10-25(31)11-19-29)21-30(35)33-32-20-23-8-14-28(15-9-23)39-22-24-6-4-3-5-7-24/h3-20H,2,21-22H2,1H3,(H,33,35)/b32-20-. The molecule has 4 rings (SSSR count). The summed E-state index contributed by atoms with van der Waals surface area (Å²) in [5.41, 5.74) is 4.54. The van der Waals surface area contributed by atoms with E-state index in [9.17, 15) is 13.2 Å². The Labute approximate surface area is 242 Å². The molecule has 0 radical (unpaired) electrons. The maximum absolute atomic E-state index is 13.5. The molecule has 0 unspecified atom stereocenters. The number of anilines is 1. The molecule has 0 aliphatic carbocycles. The number of sulfonamides is 1. The molecule has 0 fully saturated rings. The number of nitrogens with one attached hydrogen (secondary N) is 1.